The monoisotopic (exact) mass is 1730 g/mol. The van der Waals surface area contributed by atoms with Crippen molar-refractivity contribution in [2.24, 2.45) is 23.5 Å². The van der Waals surface area contributed by atoms with Gasteiger partial charge in [-0.3, -0.25) is 28.8 Å². The fourth-order valence-electron chi connectivity index (χ4n) is 17.2. The maximum atomic E-state index is 14.6. The van der Waals surface area contributed by atoms with Crippen molar-refractivity contribution in [2.45, 2.75) is 251 Å². The summed E-state index contributed by atoms with van der Waals surface area (Å²) in [4.78, 5) is 89.0. The Morgan fingerprint density at radius 2 is 1.26 bits per heavy atom. The molecule has 12 bridgehead atoms. The van der Waals surface area contributed by atoms with E-state index < -0.39 is 132 Å². The zero-order valence-electron chi connectivity index (χ0n) is 70.6. The molecule has 2 aromatic rings. The maximum Gasteiger partial charge on any atom is 0.246 e. The number of nitrogens with two attached hydrogens (primary N) is 1. The van der Waals surface area contributed by atoms with Crippen LogP contribution in [0.2, 0.25) is 0 Å². The highest BCUT2D eigenvalue weighted by molar-refractivity contribution is 7.90. The Hall–Kier alpha value is -6.13. The lowest BCUT2D eigenvalue weighted by molar-refractivity contribution is -0.292. The topological polar surface area (TPSA) is 466 Å². The second kappa shape index (κ2) is 48.0. The number of ether oxygens (including phenoxy) is 18. The molecule has 12 heterocycles. The summed E-state index contributed by atoms with van der Waals surface area (Å²) in [6.45, 7) is 19.8. The van der Waals surface area contributed by atoms with E-state index in [0.717, 1.165) is 49.5 Å². The van der Waals surface area contributed by atoms with E-state index in [1.54, 1.807) is 31.8 Å². The first-order valence-corrected chi connectivity index (χ1v) is 44.9. The zero-order chi connectivity index (χ0) is 85.8. The van der Waals surface area contributed by atoms with E-state index in [1.807, 2.05) is 0 Å². The van der Waals surface area contributed by atoms with Gasteiger partial charge in [0.1, 0.15) is 67.3 Å². The van der Waals surface area contributed by atoms with Crippen LogP contribution in [0, 0.1) is 17.8 Å². The van der Waals surface area contributed by atoms with E-state index in [9.17, 15) is 42.3 Å². The van der Waals surface area contributed by atoms with Crippen molar-refractivity contribution in [3.05, 3.63) is 42.9 Å². The average Bonchev–Trinajstić information content (AvgIpc) is 1.55. The van der Waals surface area contributed by atoms with Crippen molar-refractivity contribution in [1.29, 1.82) is 0 Å². The highest BCUT2D eigenvalue weighted by Crippen LogP contribution is 2.55. The largest absolute Gasteiger partial charge is 0.391 e. The van der Waals surface area contributed by atoms with Gasteiger partial charge in [-0.25, -0.2) is 23.1 Å². The van der Waals surface area contributed by atoms with Crippen LogP contribution < -0.4 is 32.3 Å². The molecule has 21 atom stereocenters. The summed E-state index contributed by atoms with van der Waals surface area (Å²) in [5, 5.41) is 32.9. The summed E-state index contributed by atoms with van der Waals surface area (Å²) in [6.07, 6.45) is 7.47. The minimum atomic E-state index is -3.49. The quantitative estimate of drug-likeness (QED) is 0.0275. The van der Waals surface area contributed by atoms with Gasteiger partial charge in [0.05, 0.1) is 192 Å². The number of hydrogen-bond acceptors (Lipinski definition) is 32. The molecule has 1 spiro atoms. The number of aliphatic hydroxyl groups excluding tert-OH is 1. The van der Waals surface area contributed by atoms with Gasteiger partial charge in [0.2, 0.25) is 44.5 Å². The molecule has 0 aromatic carbocycles. The van der Waals surface area contributed by atoms with Gasteiger partial charge < -0.3 is 123 Å². The number of rotatable bonds is 49. The first-order valence-electron chi connectivity index (χ1n) is 43.0. The Kier molecular flexibility index (Phi) is 37.9. The molecule has 12 rings (SSSR count). The fraction of sp³-hybridized carbons (Fsp3) is 0.805. The summed E-state index contributed by atoms with van der Waals surface area (Å²) in [5.41, 5.74) is 8.86. The molecule has 2 aromatic heterocycles. The first kappa shape index (κ1) is 95.5. The number of Topliss-reactive ketones (excluding diaryl/α,β-unsaturated/α-hetero) is 1. The number of nitrogens with zero attached hydrogens (tertiary/aromatic N) is 5. The normalized spacial score (nSPS) is 29.7. The zero-order valence-corrected chi connectivity index (χ0v) is 71.4. The lowest BCUT2D eigenvalue weighted by Crippen LogP contribution is -2.61. The van der Waals surface area contributed by atoms with E-state index in [-0.39, 0.29) is 124 Å². The number of carbonyl (C=O) groups excluding carboxylic acids is 6. The first-order chi connectivity index (χ1) is 58.4. The molecular formula is C82H129N11O27S. The summed E-state index contributed by atoms with van der Waals surface area (Å²) in [6, 6.07) is -2.22. The minimum absolute atomic E-state index is 0.0217. The van der Waals surface area contributed by atoms with Gasteiger partial charge >= 0.3 is 0 Å². The third kappa shape index (κ3) is 28.7. The summed E-state index contributed by atoms with van der Waals surface area (Å²) < 4.78 is 135. The molecule has 38 nitrogen and oxygen atoms in total. The summed E-state index contributed by atoms with van der Waals surface area (Å²) >= 11 is 0. The molecule has 8 N–H and O–H groups in total. The molecule has 10 aliphatic heterocycles. The summed E-state index contributed by atoms with van der Waals surface area (Å²) in [5.74, 6) is -4.72. The van der Waals surface area contributed by atoms with Crippen molar-refractivity contribution < 1.29 is 128 Å². The molecule has 0 radical (unpaired) electrons. The van der Waals surface area contributed by atoms with Crippen molar-refractivity contribution in [3.8, 4) is 11.3 Å². The van der Waals surface area contributed by atoms with E-state index in [2.05, 4.69) is 66.9 Å². The third-order valence-corrected chi connectivity index (χ3v) is 24.3. The van der Waals surface area contributed by atoms with Crippen LogP contribution in [0.1, 0.15) is 124 Å². The van der Waals surface area contributed by atoms with E-state index in [4.69, 9.17) is 91.0 Å². The molecule has 10 fully saturated rings. The number of amides is 5. The van der Waals surface area contributed by atoms with E-state index >= 15 is 0 Å². The van der Waals surface area contributed by atoms with Gasteiger partial charge in [-0.15, -0.1) is 5.10 Å². The third-order valence-electron chi connectivity index (χ3n) is 23.4. The summed E-state index contributed by atoms with van der Waals surface area (Å²) in [7, 11) is -1.93. The van der Waals surface area contributed by atoms with Crippen LogP contribution in [0.5, 0.6) is 0 Å². The fourth-order valence-corrected chi connectivity index (χ4v) is 17.6. The van der Waals surface area contributed by atoms with Gasteiger partial charge in [-0.05, 0) is 93.7 Å². The van der Waals surface area contributed by atoms with Crippen LogP contribution in [-0.2, 0) is 130 Å². The van der Waals surface area contributed by atoms with Crippen LogP contribution >= 0.6 is 0 Å². The van der Waals surface area contributed by atoms with Gasteiger partial charge in [0, 0.05) is 88.9 Å². The Balaban J connectivity index is 0.515. The Morgan fingerprint density at radius 3 is 1.93 bits per heavy atom. The molecular weight excluding hydrogens is 1600 g/mol. The number of fused-ring (bicyclic) bond motifs is 6. The average molecular weight is 1730 g/mol. The lowest BCUT2D eigenvalue weighted by atomic mass is 9.81. The van der Waals surface area contributed by atoms with E-state index in [1.165, 1.54) is 12.4 Å². The van der Waals surface area contributed by atoms with Gasteiger partial charge in [-0.2, -0.15) is 0 Å². The van der Waals surface area contributed by atoms with Gasteiger partial charge in [0.15, 0.2) is 5.79 Å². The smallest absolute Gasteiger partial charge is 0.246 e. The number of hydrogen-bond donors (Lipinski definition) is 7. The number of unbranched alkanes of at least 4 members (excludes halogenated alkanes) is 1. The number of aliphatic hydroxyl groups is 1. The Morgan fingerprint density at radius 1 is 0.645 bits per heavy atom. The number of sulfone groups is 1. The van der Waals surface area contributed by atoms with Crippen molar-refractivity contribution in [2.75, 3.05) is 158 Å². The molecule has 10 saturated heterocycles. The second-order valence-electron chi connectivity index (χ2n) is 33.0. The lowest BCUT2D eigenvalue weighted by Gasteiger charge is -2.47. The molecule has 0 saturated carbocycles. The standard InChI is InChI=1S/C82H129N11O27S/c1-50(2)72(90-71(98)49-112-48-70(97)84-18-20-104-22-24-106-26-28-108-30-32-110-34-35-111-33-31-109-29-27-107-25-23-105-21-19-93-47-62(91-92-93)54-43-87-81(88-44-54)121(7,101)102)80(100)89-61(10-8-9-17-83)79(99)86-46-69(96)85-45-56(95)40-67-73(103-6)60-39-55(94)38-58-12-14-64-74(115-58)78-77-76(117-64)75-68(118-77)42-82(119-75,120-78)16-15-59-37-52(4)63(113-59)13-11-57-36-51(3)53(5)65(114-57)41-66(60)116-67/h43-44,47,50-51,56-61,63-68,72-78,95H,4-5,8-42,45-46,48-49,83H2,1-3,6-7H3,(H,84,97)(H,85,96)(H,86,99)(H,89,100)(H,90,98)/t51-,56+,57+,58-,59+,60+,61+,63?,64+,65-,66+,67-,68?,72+,73-,74+,75+,76+,77-,78+,82+/m1/s1. The predicted molar refractivity (Wildman–Crippen MR) is 429 cm³/mol. The van der Waals surface area contributed by atoms with Crippen LogP contribution in [0.15, 0.2) is 48.1 Å². The molecule has 121 heavy (non-hydrogen) atoms. The molecule has 5 amide bonds. The minimum Gasteiger partial charge on any atom is -0.391 e. The molecule has 39 heteroatoms. The van der Waals surface area contributed by atoms with Crippen molar-refractivity contribution in [3.63, 3.8) is 0 Å². The number of carbonyl (C=O) groups is 6. The number of methoxy groups -OCH3 is 1. The van der Waals surface area contributed by atoms with Crippen LogP contribution in [0.3, 0.4) is 0 Å². The predicted octanol–water partition coefficient (Wildman–Crippen LogP) is 0.884. The molecule has 2 unspecified atom stereocenters. The van der Waals surface area contributed by atoms with Gasteiger partial charge in [-0.1, -0.05) is 39.1 Å². The van der Waals surface area contributed by atoms with Gasteiger partial charge in [0.25, 0.3) is 0 Å². The van der Waals surface area contributed by atoms with Crippen LogP contribution in [0.4, 0.5) is 0 Å². The van der Waals surface area contributed by atoms with Crippen LogP contribution in [0.25, 0.3) is 11.3 Å². The molecule has 10 aliphatic rings. The maximum absolute atomic E-state index is 14.6. The Labute approximate surface area is 708 Å². The number of nitrogens with one attached hydrogen (secondary N) is 5. The molecule has 0 aliphatic carbocycles. The number of ketones is 1. The Bertz CT molecular complexity index is 3740. The molecule has 680 valence electrons. The van der Waals surface area contributed by atoms with Crippen molar-refractivity contribution in [1.82, 2.24) is 51.5 Å². The van der Waals surface area contributed by atoms with Crippen molar-refractivity contribution >= 4 is 45.2 Å². The van der Waals surface area contributed by atoms with Crippen LogP contribution in [-0.4, -0.2) is 348 Å². The van der Waals surface area contributed by atoms with E-state index in [0.29, 0.717) is 162 Å². The second-order valence-corrected chi connectivity index (χ2v) is 34.9. The highest BCUT2D eigenvalue weighted by Gasteiger charge is 2.69. The SMILES string of the molecule is C=C1C[C@@H]2CC[C@@]34CC5O[C@H]6[C@@H](O3)[C@H]3O[C@H](CC[C@@H]3O[C@H]6[C@H]5O4)CC(=O)C[C@@H]3[C@@H](OC)[C@@H](C[C@H](O)CNC(=O)CNC(=O)[C@H](CCCCN)NC(=O)[C@@H](NC(=O)COCC(=O)NCCOCCOCCOCCOCCOCCOCCOCCOCCn4cc(-c5cnc(S(C)(=O)=O)nc5)nn4)C(C)C)O[C@H]3C[C@H]3O[C@@H](CCC1O2)C[C@@H](C)C3=C. The highest BCUT2D eigenvalue weighted by atomic mass is 32.2. The number of aromatic nitrogens is 5.